The highest BCUT2D eigenvalue weighted by Crippen LogP contribution is 2.32. The van der Waals surface area contributed by atoms with E-state index in [4.69, 9.17) is 4.74 Å². The van der Waals surface area contributed by atoms with E-state index in [0.29, 0.717) is 6.42 Å². The molecule has 1 aliphatic rings. The van der Waals surface area contributed by atoms with Gasteiger partial charge in [0.2, 0.25) is 0 Å². The summed E-state index contributed by atoms with van der Waals surface area (Å²) in [6.45, 7) is 0. The minimum atomic E-state index is 0.242. The van der Waals surface area contributed by atoms with Gasteiger partial charge in [-0.25, -0.2) is 0 Å². The molecule has 1 aliphatic carbocycles. The number of carbonyl (C=O) groups is 1. The Labute approximate surface area is 112 Å². The van der Waals surface area contributed by atoms with Gasteiger partial charge < -0.3 is 4.74 Å². The Kier molecular flexibility index (Phi) is 3.03. The molecule has 3 rings (SSSR count). The van der Waals surface area contributed by atoms with Crippen LogP contribution in [0.15, 0.2) is 36.7 Å². The molecular weight excluding hydrogens is 238 g/mol. The second-order valence-corrected chi connectivity index (χ2v) is 4.72. The number of hydrogen-bond acceptors (Lipinski definition) is 3. The molecule has 0 bridgehead atoms. The third kappa shape index (κ3) is 2.12. The van der Waals surface area contributed by atoms with Gasteiger partial charge >= 0.3 is 0 Å². The van der Waals surface area contributed by atoms with Crippen molar-refractivity contribution in [3.63, 3.8) is 0 Å². The Morgan fingerprint density at radius 1 is 1.16 bits per heavy atom. The van der Waals surface area contributed by atoms with Crippen LogP contribution in [0.3, 0.4) is 0 Å². The van der Waals surface area contributed by atoms with Crippen molar-refractivity contribution in [3.8, 4) is 16.9 Å². The first-order valence-corrected chi connectivity index (χ1v) is 6.44. The maximum atomic E-state index is 12.0. The van der Waals surface area contributed by atoms with E-state index >= 15 is 0 Å². The number of methoxy groups -OCH3 is 1. The number of benzene rings is 1. The minimum absolute atomic E-state index is 0.242. The number of ether oxygens (including phenoxy) is 1. The Hall–Kier alpha value is -2.16. The number of ketones is 1. The van der Waals surface area contributed by atoms with Crippen LogP contribution >= 0.6 is 0 Å². The van der Waals surface area contributed by atoms with Crippen molar-refractivity contribution in [1.29, 1.82) is 0 Å². The number of Topliss-reactive ketones (excluding diaryl/α,β-unsaturated/α-hetero) is 1. The molecule has 0 saturated heterocycles. The number of rotatable bonds is 2. The predicted octanol–water partition coefficient (Wildman–Crippen LogP) is 3.28. The van der Waals surface area contributed by atoms with Gasteiger partial charge in [0, 0.05) is 29.9 Å². The highest BCUT2D eigenvalue weighted by molar-refractivity contribution is 5.99. The molecule has 0 fully saturated rings. The second kappa shape index (κ2) is 4.84. The van der Waals surface area contributed by atoms with Crippen molar-refractivity contribution in [1.82, 2.24) is 4.98 Å². The largest absolute Gasteiger partial charge is 0.496 e. The highest BCUT2D eigenvalue weighted by atomic mass is 16.5. The van der Waals surface area contributed by atoms with Gasteiger partial charge in [-0.2, -0.15) is 0 Å². The molecule has 2 aromatic rings. The van der Waals surface area contributed by atoms with Gasteiger partial charge in [0.15, 0.2) is 5.78 Å². The van der Waals surface area contributed by atoms with Crippen molar-refractivity contribution < 1.29 is 9.53 Å². The van der Waals surface area contributed by atoms with Crippen molar-refractivity contribution in [3.05, 3.63) is 47.8 Å². The summed E-state index contributed by atoms with van der Waals surface area (Å²) in [6.07, 6.45) is 6.08. The fraction of sp³-hybridized carbons (Fsp3) is 0.250. The van der Waals surface area contributed by atoms with Crippen LogP contribution in [-0.4, -0.2) is 17.9 Å². The number of pyridine rings is 1. The zero-order chi connectivity index (χ0) is 13.2. The number of carbonyl (C=O) groups excluding carboxylic acids is 1. The van der Waals surface area contributed by atoms with Gasteiger partial charge in [-0.15, -0.1) is 0 Å². The zero-order valence-corrected chi connectivity index (χ0v) is 10.8. The van der Waals surface area contributed by atoms with Crippen molar-refractivity contribution in [2.75, 3.05) is 7.11 Å². The molecule has 0 unspecified atom stereocenters. The summed E-state index contributed by atoms with van der Waals surface area (Å²) in [4.78, 5) is 16.1. The van der Waals surface area contributed by atoms with E-state index in [1.807, 2.05) is 24.3 Å². The van der Waals surface area contributed by atoms with E-state index in [1.54, 1.807) is 19.5 Å². The fourth-order valence-corrected chi connectivity index (χ4v) is 2.57. The molecule has 3 heteroatoms. The first kappa shape index (κ1) is 11.9. The molecule has 0 saturated carbocycles. The van der Waals surface area contributed by atoms with Gasteiger partial charge in [-0.3, -0.25) is 9.78 Å². The van der Waals surface area contributed by atoms with Crippen LogP contribution in [0.25, 0.3) is 11.1 Å². The van der Waals surface area contributed by atoms with Gasteiger partial charge in [-0.05, 0) is 36.1 Å². The van der Waals surface area contributed by atoms with Crippen LogP contribution in [0.5, 0.6) is 5.75 Å². The molecule has 96 valence electrons. The Bertz CT molecular complexity index is 634. The lowest BCUT2D eigenvalue weighted by atomic mass is 9.88. The maximum Gasteiger partial charge on any atom is 0.163 e. The van der Waals surface area contributed by atoms with Crippen LogP contribution in [0.1, 0.15) is 28.8 Å². The van der Waals surface area contributed by atoms with Crippen LogP contribution in [-0.2, 0) is 6.42 Å². The molecule has 0 amide bonds. The molecule has 0 atom stereocenters. The van der Waals surface area contributed by atoms with Crippen LogP contribution < -0.4 is 4.74 Å². The number of aromatic nitrogens is 1. The quantitative estimate of drug-likeness (QED) is 0.824. The molecule has 3 nitrogen and oxygen atoms in total. The Morgan fingerprint density at radius 3 is 2.89 bits per heavy atom. The first-order chi connectivity index (χ1) is 9.29. The number of aryl methyl sites for hydroxylation is 1. The molecule has 1 aromatic carbocycles. The topological polar surface area (TPSA) is 39.2 Å². The molecule has 0 N–H and O–H groups in total. The number of hydrogen-bond donors (Lipinski definition) is 0. The SMILES string of the molecule is COc1ccncc1-c1ccc2c(c1)C(=O)CCC2. The Morgan fingerprint density at radius 2 is 2.05 bits per heavy atom. The lowest BCUT2D eigenvalue weighted by Crippen LogP contribution is -2.10. The smallest absolute Gasteiger partial charge is 0.163 e. The molecule has 1 aromatic heterocycles. The van der Waals surface area contributed by atoms with Gasteiger partial charge in [0.05, 0.1) is 7.11 Å². The zero-order valence-electron chi connectivity index (χ0n) is 10.8. The Balaban J connectivity index is 2.11. The van der Waals surface area contributed by atoms with Crippen LogP contribution in [0, 0.1) is 0 Å². The summed E-state index contributed by atoms with van der Waals surface area (Å²) in [5, 5.41) is 0. The third-order valence-electron chi connectivity index (χ3n) is 3.57. The summed E-state index contributed by atoms with van der Waals surface area (Å²) in [5.41, 5.74) is 3.92. The normalized spacial score (nSPS) is 14.1. The highest BCUT2D eigenvalue weighted by Gasteiger charge is 2.18. The summed E-state index contributed by atoms with van der Waals surface area (Å²) in [7, 11) is 1.64. The second-order valence-electron chi connectivity index (χ2n) is 4.72. The van der Waals surface area contributed by atoms with Gasteiger partial charge in [-0.1, -0.05) is 12.1 Å². The summed E-state index contributed by atoms with van der Waals surface area (Å²) in [6, 6.07) is 7.89. The first-order valence-electron chi connectivity index (χ1n) is 6.44. The van der Waals surface area contributed by atoms with E-state index < -0.39 is 0 Å². The van der Waals surface area contributed by atoms with Gasteiger partial charge in [0.1, 0.15) is 5.75 Å². The lowest BCUT2D eigenvalue weighted by Gasteiger charge is -2.16. The van der Waals surface area contributed by atoms with E-state index in [-0.39, 0.29) is 5.78 Å². The van der Waals surface area contributed by atoms with Gasteiger partial charge in [0.25, 0.3) is 0 Å². The van der Waals surface area contributed by atoms with E-state index in [2.05, 4.69) is 4.98 Å². The molecule has 1 heterocycles. The van der Waals surface area contributed by atoms with Crippen molar-refractivity contribution in [2.24, 2.45) is 0 Å². The summed E-state index contributed by atoms with van der Waals surface area (Å²) < 4.78 is 5.35. The summed E-state index contributed by atoms with van der Waals surface area (Å²) in [5.74, 6) is 1.02. The van der Waals surface area contributed by atoms with E-state index in [0.717, 1.165) is 40.8 Å². The lowest BCUT2D eigenvalue weighted by molar-refractivity contribution is 0.0972. The molecule has 0 aliphatic heterocycles. The standard InChI is InChI=1S/C16H15NO2/c1-19-16-7-8-17-10-14(16)12-6-5-11-3-2-4-15(18)13(11)9-12/h5-10H,2-4H2,1H3. The molecular formula is C16H15NO2. The molecule has 0 spiro atoms. The molecule has 19 heavy (non-hydrogen) atoms. The number of nitrogens with zero attached hydrogens (tertiary/aromatic N) is 1. The molecule has 0 radical (unpaired) electrons. The fourth-order valence-electron chi connectivity index (χ4n) is 2.57. The van der Waals surface area contributed by atoms with Crippen molar-refractivity contribution in [2.45, 2.75) is 19.3 Å². The van der Waals surface area contributed by atoms with E-state index in [1.165, 1.54) is 0 Å². The average Bonchev–Trinajstić information content (AvgIpc) is 2.47. The summed E-state index contributed by atoms with van der Waals surface area (Å²) >= 11 is 0. The predicted molar refractivity (Wildman–Crippen MR) is 73.5 cm³/mol. The van der Waals surface area contributed by atoms with Crippen LogP contribution in [0.2, 0.25) is 0 Å². The maximum absolute atomic E-state index is 12.0. The van der Waals surface area contributed by atoms with E-state index in [9.17, 15) is 4.79 Å². The van der Waals surface area contributed by atoms with Crippen molar-refractivity contribution >= 4 is 5.78 Å². The number of fused-ring (bicyclic) bond motifs is 1. The van der Waals surface area contributed by atoms with Crippen LogP contribution in [0.4, 0.5) is 0 Å². The monoisotopic (exact) mass is 253 g/mol. The third-order valence-corrected chi connectivity index (χ3v) is 3.57. The average molecular weight is 253 g/mol. The minimum Gasteiger partial charge on any atom is -0.496 e.